The Labute approximate surface area is 112 Å². The first-order valence-electron chi connectivity index (χ1n) is 7.07. The maximum atomic E-state index is 12.5. The van der Waals surface area contributed by atoms with Crippen molar-refractivity contribution in [2.24, 2.45) is 16.7 Å². The van der Waals surface area contributed by atoms with Gasteiger partial charge in [-0.2, -0.15) is 0 Å². The number of likely N-dealkylation sites (tertiary alicyclic amines) is 1. The number of aliphatic carboxylic acids is 1. The van der Waals surface area contributed by atoms with Gasteiger partial charge in [-0.25, -0.2) is 0 Å². The van der Waals surface area contributed by atoms with Crippen LogP contribution in [0.5, 0.6) is 0 Å². The van der Waals surface area contributed by atoms with Crippen molar-refractivity contribution in [2.45, 2.75) is 32.6 Å². The van der Waals surface area contributed by atoms with Gasteiger partial charge in [0, 0.05) is 32.2 Å². The van der Waals surface area contributed by atoms with E-state index < -0.39 is 11.4 Å². The van der Waals surface area contributed by atoms with Crippen molar-refractivity contribution < 1.29 is 19.4 Å². The standard InChI is InChI=1S/C14H21NO4/c1-13(12(17)18)2-5-15(9-13)11(16)10-8-14(10)3-6-19-7-4-14/h10H,2-9H2,1H3,(H,17,18)/t10-,13+/m1/s1. The summed E-state index contributed by atoms with van der Waals surface area (Å²) >= 11 is 0. The number of ether oxygens (including phenoxy) is 1. The highest BCUT2D eigenvalue weighted by atomic mass is 16.5. The molecule has 1 saturated carbocycles. The van der Waals surface area contributed by atoms with Crippen LogP contribution in [0.2, 0.25) is 0 Å². The number of amides is 1. The van der Waals surface area contributed by atoms with Crippen LogP contribution < -0.4 is 0 Å². The van der Waals surface area contributed by atoms with Gasteiger partial charge in [-0.1, -0.05) is 0 Å². The third kappa shape index (κ3) is 2.04. The highest BCUT2D eigenvalue weighted by Crippen LogP contribution is 2.60. The summed E-state index contributed by atoms with van der Waals surface area (Å²) in [6, 6.07) is 0. The smallest absolute Gasteiger partial charge is 0.311 e. The summed E-state index contributed by atoms with van der Waals surface area (Å²) < 4.78 is 5.36. The molecule has 5 heteroatoms. The molecule has 2 atom stereocenters. The van der Waals surface area contributed by atoms with Crippen LogP contribution in [0.4, 0.5) is 0 Å². The van der Waals surface area contributed by atoms with Gasteiger partial charge in [0.2, 0.25) is 5.91 Å². The fourth-order valence-electron chi connectivity index (χ4n) is 3.57. The van der Waals surface area contributed by atoms with Crippen LogP contribution in [0, 0.1) is 16.7 Å². The Morgan fingerprint density at radius 2 is 1.95 bits per heavy atom. The van der Waals surface area contributed by atoms with E-state index >= 15 is 0 Å². The van der Waals surface area contributed by atoms with Crippen LogP contribution in [-0.4, -0.2) is 48.2 Å². The lowest BCUT2D eigenvalue weighted by Crippen LogP contribution is -2.37. The molecule has 5 nitrogen and oxygen atoms in total. The van der Waals surface area contributed by atoms with Crippen LogP contribution in [0.1, 0.15) is 32.6 Å². The monoisotopic (exact) mass is 267 g/mol. The van der Waals surface area contributed by atoms with Crippen molar-refractivity contribution in [2.75, 3.05) is 26.3 Å². The summed E-state index contributed by atoms with van der Waals surface area (Å²) in [4.78, 5) is 25.5. The van der Waals surface area contributed by atoms with E-state index in [2.05, 4.69) is 0 Å². The van der Waals surface area contributed by atoms with Gasteiger partial charge in [-0.05, 0) is 38.0 Å². The fourth-order valence-corrected chi connectivity index (χ4v) is 3.57. The molecule has 2 aliphatic heterocycles. The van der Waals surface area contributed by atoms with Gasteiger partial charge in [0.25, 0.3) is 0 Å². The summed E-state index contributed by atoms with van der Waals surface area (Å²) in [6.07, 6.45) is 3.49. The Hall–Kier alpha value is -1.10. The second kappa shape index (κ2) is 4.20. The van der Waals surface area contributed by atoms with Gasteiger partial charge in [0.1, 0.15) is 0 Å². The van der Waals surface area contributed by atoms with Crippen molar-refractivity contribution in [1.29, 1.82) is 0 Å². The second-order valence-corrected chi connectivity index (χ2v) is 6.61. The zero-order chi connectivity index (χ0) is 13.7. The third-order valence-electron chi connectivity index (χ3n) is 5.28. The van der Waals surface area contributed by atoms with Gasteiger partial charge in [0.05, 0.1) is 5.41 Å². The number of carboxylic acid groups (broad SMARTS) is 1. The van der Waals surface area contributed by atoms with Crippen LogP contribution in [0.15, 0.2) is 0 Å². The van der Waals surface area contributed by atoms with Gasteiger partial charge in [-0.15, -0.1) is 0 Å². The Balaban J connectivity index is 1.63. The summed E-state index contributed by atoms with van der Waals surface area (Å²) in [5, 5.41) is 9.21. The molecule has 1 aliphatic carbocycles. The molecule has 2 heterocycles. The molecule has 3 aliphatic rings. The Morgan fingerprint density at radius 1 is 1.26 bits per heavy atom. The SMILES string of the molecule is C[C@]1(C(=O)O)CCN(C(=O)[C@H]2CC23CCOCC3)C1. The molecular weight excluding hydrogens is 246 g/mol. The Kier molecular flexibility index (Phi) is 2.85. The number of carbonyl (C=O) groups is 2. The maximum absolute atomic E-state index is 12.5. The van der Waals surface area contributed by atoms with Crippen LogP contribution in [0.3, 0.4) is 0 Å². The Bertz CT molecular complexity index is 416. The maximum Gasteiger partial charge on any atom is 0.311 e. The molecule has 1 spiro atoms. The molecule has 3 rings (SSSR count). The molecular formula is C14H21NO4. The largest absolute Gasteiger partial charge is 0.481 e. The lowest BCUT2D eigenvalue weighted by Gasteiger charge is -2.25. The van der Waals surface area contributed by atoms with E-state index in [1.807, 2.05) is 0 Å². The zero-order valence-corrected chi connectivity index (χ0v) is 11.4. The predicted molar refractivity (Wildman–Crippen MR) is 67.5 cm³/mol. The second-order valence-electron chi connectivity index (χ2n) is 6.61. The number of hydrogen-bond acceptors (Lipinski definition) is 3. The van der Waals surface area contributed by atoms with Crippen molar-refractivity contribution in [3.8, 4) is 0 Å². The highest BCUT2D eigenvalue weighted by Gasteiger charge is 2.59. The van der Waals surface area contributed by atoms with E-state index in [1.165, 1.54) is 0 Å². The van der Waals surface area contributed by atoms with E-state index in [4.69, 9.17) is 4.74 Å². The van der Waals surface area contributed by atoms with E-state index in [0.717, 1.165) is 32.5 Å². The van der Waals surface area contributed by atoms with Crippen LogP contribution >= 0.6 is 0 Å². The Morgan fingerprint density at radius 3 is 2.53 bits per heavy atom. The number of nitrogens with zero attached hydrogens (tertiary/aromatic N) is 1. The summed E-state index contributed by atoms with van der Waals surface area (Å²) in [5.74, 6) is -0.501. The summed E-state index contributed by atoms with van der Waals surface area (Å²) in [6.45, 7) is 4.21. The average Bonchev–Trinajstić information content (AvgIpc) is 2.90. The minimum Gasteiger partial charge on any atom is -0.481 e. The number of carbonyl (C=O) groups excluding carboxylic acids is 1. The number of hydrogen-bond donors (Lipinski definition) is 1. The molecule has 0 bridgehead atoms. The summed E-state index contributed by atoms with van der Waals surface area (Å²) in [5.41, 5.74) is -0.578. The van der Waals surface area contributed by atoms with Crippen molar-refractivity contribution in [3.63, 3.8) is 0 Å². The van der Waals surface area contributed by atoms with Crippen molar-refractivity contribution in [3.05, 3.63) is 0 Å². The molecule has 1 amide bonds. The molecule has 0 radical (unpaired) electrons. The molecule has 0 aromatic rings. The molecule has 2 saturated heterocycles. The topological polar surface area (TPSA) is 66.8 Å². The molecule has 0 aromatic heterocycles. The van der Waals surface area contributed by atoms with Crippen molar-refractivity contribution >= 4 is 11.9 Å². The minimum atomic E-state index is -0.792. The average molecular weight is 267 g/mol. The quantitative estimate of drug-likeness (QED) is 0.814. The predicted octanol–water partition coefficient (Wildman–Crippen LogP) is 1.13. The lowest BCUT2D eigenvalue weighted by atomic mass is 9.90. The normalized spacial score (nSPS) is 36.5. The molecule has 1 N–H and O–H groups in total. The van der Waals surface area contributed by atoms with E-state index in [-0.39, 0.29) is 17.2 Å². The molecule has 0 aromatic carbocycles. The van der Waals surface area contributed by atoms with Crippen molar-refractivity contribution in [1.82, 2.24) is 4.90 Å². The van der Waals surface area contributed by atoms with E-state index in [0.29, 0.717) is 19.5 Å². The first-order valence-corrected chi connectivity index (χ1v) is 7.07. The lowest BCUT2D eigenvalue weighted by molar-refractivity contribution is -0.147. The minimum absolute atomic E-state index is 0.118. The van der Waals surface area contributed by atoms with Gasteiger partial charge >= 0.3 is 5.97 Å². The third-order valence-corrected chi connectivity index (χ3v) is 5.28. The van der Waals surface area contributed by atoms with Gasteiger partial charge < -0.3 is 14.7 Å². The summed E-state index contributed by atoms with van der Waals surface area (Å²) in [7, 11) is 0. The van der Waals surface area contributed by atoms with Gasteiger partial charge in [-0.3, -0.25) is 9.59 Å². The van der Waals surface area contributed by atoms with Crippen LogP contribution in [0.25, 0.3) is 0 Å². The van der Waals surface area contributed by atoms with Crippen LogP contribution in [-0.2, 0) is 14.3 Å². The molecule has 19 heavy (non-hydrogen) atoms. The first-order chi connectivity index (χ1) is 8.97. The fraction of sp³-hybridized carbons (Fsp3) is 0.857. The number of rotatable bonds is 2. The van der Waals surface area contributed by atoms with E-state index in [1.54, 1.807) is 11.8 Å². The molecule has 106 valence electrons. The number of carboxylic acids is 1. The first kappa shape index (κ1) is 12.9. The van der Waals surface area contributed by atoms with E-state index in [9.17, 15) is 14.7 Å². The van der Waals surface area contributed by atoms with Gasteiger partial charge in [0.15, 0.2) is 0 Å². The molecule has 0 unspecified atom stereocenters. The zero-order valence-electron chi connectivity index (χ0n) is 11.4. The highest BCUT2D eigenvalue weighted by molar-refractivity contribution is 5.84. The molecule has 3 fully saturated rings.